The minimum Gasteiger partial charge on any atom is -0.449 e. The smallest absolute Gasteiger partial charge is 0.407 e. The van der Waals surface area contributed by atoms with Gasteiger partial charge in [0.05, 0.1) is 31.8 Å². The van der Waals surface area contributed by atoms with Crippen LogP contribution in [0.3, 0.4) is 0 Å². The quantitative estimate of drug-likeness (QED) is 0.228. The number of carbonyl (C=O) groups excluding carboxylic acids is 3. The molecule has 1 atom stereocenters. The van der Waals surface area contributed by atoms with Crippen molar-refractivity contribution in [3.63, 3.8) is 0 Å². The number of alkyl carbamates (subject to hydrolysis) is 1. The van der Waals surface area contributed by atoms with Gasteiger partial charge in [0.15, 0.2) is 12.6 Å². The molecule has 256 valence electrons. The van der Waals surface area contributed by atoms with E-state index in [1.165, 1.54) is 6.92 Å². The number of nitrogens with one attached hydrogen (secondary N) is 3. The standard InChI is InChI=1S/C36H49N3O8/c1-3-37-18-8-14-32-44-21-36(22-45-32)23-46-33(47-24-36)15-9-19-38-34(41)31(17-16-25(2)40)39-35(42)43-20-30-28-12-6-4-10-26(28)27-11-5-7-13-29(27)30/h4-7,10-13,30-33,37H,3,8-9,14-24H2,1-2H3,(H,38,41)(H,39,42). The Morgan fingerprint density at radius 3 is 1.96 bits per heavy atom. The molecule has 0 bridgehead atoms. The van der Waals surface area contributed by atoms with E-state index in [0.29, 0.717) is 45.8 Å². The summed E-state index contributed by atoms with van der Waals surface area (Å²) in [6.07, 6.45) is 2.18. The molecule has 2 aromatic rings. The summed E-state index contributed by atoms with van der Waals surface area (Å²) in [4.78, 5) is 37.7. The van der Waals surface area contributed by atoms with Crippen LogP contribution in [0.15, 0.2) is 48.5 Å². The first-order valence-electron chi connectivity index (χ1n) is 16.9. The van der Waals surface area contributed by atoms with Crippen molar-refractivity contribution in [1.82, 2.24) is 16.0 Å². The van der Waals surface area contributed by atoms with Gasteiger partial charge in [0, 0.05) is 25.3 Å². The van der Waals surface area contributed by atoms with Crippen molar-refractivity contribution in [3.05, 3.63) is 59.7 Å². The second kappa shape index (κ2) is 17.2. The molecule has 0 radical (unpaired) electrons. The molecule has 2 amide bonds. The lowest BCUT2D eigenvalue weighted by molar-refractivity contribution is -0.304. The lowest BCUT2D eigenvalue weighted by Gasteiger charge is -2.43. The highest BCUT2D eigenvalue weighted by atomic mass is 16.7. The number of ether oxygens (including phenoxy) is 5. The molecule has 11 heteroatoms. The summed E-state index contributed by atoms with van der Waals surface area (Å²) in [5, 5.41) is 8.88. The first kappa shape index (κ1) is 35.0. The average molecular weight is 652 g/mol. The maximum atomic E-state index is 13.1. The molecular weight excluding hydrogens is 602 g/mol. The van der Waals surface area contributed by atoms with E-state index in [-0.39, 0.29) is 55.1 Å². The summed E-state index contributed by atoms with van der Waals surface area (Å²) in [5.74, 6) is -0.513. The first-order valence-corrected chi connectivity index (χ1v) is 16.9. The van der Waals surface area contributed by atoms with Crippen LogP contribution in [0.4, 0.5) is 4.79 Å². The van der Waals surface area contributed by atoms with Gasteiger partial charge in [-0.25, -0.2) is 4.79 Å². The Bertz CT molecular complexity index is 1290. The predicted molar refractivity (Wildman–Crippen MR) is 176 cm³/mol. The van der Waals surface area contributed by atoms with Crippen molar-refractivity contribution < 1.29 is 38.1 Å². The summed E-state index contributed by atoms with van der Waals surface area (Å²) in [7, 11) is 0. The van der Waals surface area contributed by atoms with E-state index in [2.05, 4.69) is 35.0 Å². The maximum absolute atomic E-state index is 13.1. The number of fused-ring (bicyclic) bond motifs is 3. The highest BCUT2D eigenvalue weighted by Gasteiger charge is 2.41. The molecule has 1 aliphatic carbocycles. The third kappa shape index (κ3) is 9.61. The van der Waals surface area contributed by atoms with Gasteiger partial charge in [-0.3, -0.25) is 4.79 Å². The van der Waals surface area contributed by atoms with Crippen LogP contribution in [0.2, 0.25) is 0 Å². The first-order chi connectivity index (χ1) is 22.9. The van der Waals surface area contributed by atoms with Crippen molar-refractivity contribution >= 4 is 17.8 Å². The minimum atomic E-state index is -0.894. The second-order valence-electron chi connectivity index (χ2n) is 12.8. The van der Waals surface area contributed by atoms with Crippen molar-refractivity contribution in [2.45, 2.75) is 76.9 Å². The molecule has 5 rings (SSSR count). The van der Waals surface area contributed by atoms with Gasteiger partial charge < -0.3 is 44.4 Å². The number of rotatable bonds is 16. The molecule has 0 aromatic heterocycles. The van der Waals surface area contributed by atoms with Crippen LogP contribution >= 0.6 is 0 Å². The number of hydrogen-bond acceptors (Lipinski definition) is 9. The third-order valence-corrected chi connectivity index (χ3v) is 9.00. The Labute approximate surface area is 277 Å². The van der Waals surface area contributed by atoms with Gasteiger partial charge in [-0.15, -0.1) is 0 Å². The van der Waals surface area contributed by atoms with Crippen LogP contribution in [-0.4, -0.2) is 89.1 Å². The summed E-state index contributed by atoms with van der Waals surface area (Å²) < 4.78 is 29.5. The van der Waals surface area contributed by atoms with Crippen molar-refractivity contribution in [1.29, 1.82) is 0 Å². The Morgan fingerprint density at radius 1 is 0.851 bits per heavy atom. The Kier molecular flexibility index (Phi) is 12.8. The van der Waals surface area contributed by atoms with Crippen molar-refractivity contribution in [2.75, 3.05) is 52.7 Å². The number of ketones is 1. The zero-order chi connectivity index (χ0) is 33.1. The summed E-state index contributed by atoms with van der Waals surface area (Å²) in [5.41, 5.74) is 4.19. The molecular formula is C36H49N3O8. The highest BCUT2D eigenvalue weighted by Crippen LogP contribution is 2.44. The molecule has 0 saturated carbocycles. The predicted octanol–water partition coefficient (Wildman–Crippen LogP) is 4.28. The topological polar surface area (TPSA) is 133 Å². The molecule has 11 nitrogen and oxygen atoms in total. The Hall–Kier alpha value is -3.35. The monoisotopic (exact) mass is 651 g/mol. The van der Waals surface area contributed by atoms with E-state index in [1.54, 1.807) is 0 Å². The minimum absolute atomic E-state index is 0.0601. The van der Waals surface area contributed by atoms with Crippen LogP contribution in [0.25, 0.3) is 11.1 Å². The van der Waals surface area contributed by atoms with E-state index in [9.17, 15) is 14.4 Å². The van der Waals surface area contributed by atoms with E-state index in [4.69, 9.17) is 23.7 Å². The number of benzene rings is 2. The van der Waals surface area contributed by atoms with E-state index in [1.807, 2.05) is 36.4 Å². The zero-order valence-electron chi connectivity index (χ0n) is 27.6. The number of amides is 2. The van der Waals surface area contributed by atoms with Gasteiger partial charge in [-0.1, -0.05) is 55.5 Å². The fourth-order valence-electron chi connectivity index (χ4n) is 6.33. The molecule has 47 heavy (non-hydrogen) atoms. The van der Waals surface area contributed by atoms with Crippen molar-refractivity contribution in [3.8, 4) is 11.1 Å². The van der Waals surface area contributed by atoms with Gasteiger partial charge in [-0.05, 0) is 68.0 Å². The third-order valence-electron chi connectivity index (χ3n) is 9.00. The second-order valence-corrected chi connectivity index (χ2v) is 12.8. The molecule has 2 saturated heterocycles. The summed E-state index contributed by atoms with van der Waals surface area (Å²) in [6.45, 7) is 8.04. The lowest BCUT2D eigenvalue weighted by atomic mass is 9.90. The molecule has 2 fully saturated rings. The van der Waals surface area contributed by atoms with Gasteiger partial charge in [0.25, 0.3) is 0 Å². The number of Topliss-reactive ketones (excluding diaryl/α,β-unsaturated/α-hetero) is 1. The molecule has 3 N–H and O–H groups in total. The normalized spacial score (nSPS) is 22.7. The zero-order valence-corrected chi connectivity index (χ0v) is 27.6. The van der Waals surface area contributed by atoms with Crippen LogP contribution in [0.1, 0.15) is 69.4 Å². The molecule has 3 aliphatic rings. The number of carbonyl (C=O) groups is 3. The molecule has 2 aromatic carbocycles. The molecule has 2 heterocycles. The number of hydrogen-bond donors (Lipinski definition) is 3. The summed E-state index contributed by atoms with van der Waals surface area (Å²) in [6, 6.07) is 15.3. The van der Waals surface area contributed by atoms with E-state index < -0.39 is 12.1 Å². The SMILES string of the molecule is CCNCCCC1OCC2(CO1)COC(CCCNC(=O)C(CCC(C)=O)NC(=O)OCC1c3ccccc3-c3ccccc31)OC2. The molecule has 1 spiro atoms. The van der Waals surface area contributed by atoms with Gasteiger partial charge >= 0.3 is 6.09 Å². The van der Waals surface area contributed by atoms with Gasteiger partial charge in [0.2, 0.25) is 5.91 Å². The maximum Gasteiger partial charge on any atom is 0.407 e. The lowest BCUT2D eigenvalue weighted by Crippen LogP contribution is -2.52. The van der Waals surface area contributed by atoms with E-state index >= 15 is 0 Å². The molecule has 1 unspecified atom stereocenters. The fourth-order valence-corrected chi connectivity index (χ4v) is 6.33. The van der Waals surface area contributed by atoms with Crippen LogP contribution in [0.5, 0.6) is 0 Å². The van der Waals surface area contributed by atoms with Crippen LogP contribution < -0.4 is 16.0 Å². The van der Waals surface area contributed by atoms with Gasteiger partial charge in [-0.2, -0.15) is 0 Å². The average Bonchev–Trinajstić information content (AvgIpc) is 3.41. The van der Waals surface area contributed by atoms with Gasteiger partial charge in [0.1, 0.15) is 18.4 Å². The van der Waals surface area contributed by atoms with Crippen LogP contribution in [-0.2, 0) is 33.3 Å². The fraction of sp³-hybridized carbons (Fsp3) is 0.583. The Balaban J connectivity index is 1.02. The van der Waals surface area contributed by atoms with Crippen molar-refractivity contribution in [2.24, 2.45) is 5.41 Å². The highest BCUT2D eigenvalue weighted by molar-refractivity contribution is 5.86. The molecule has 2 aliphatic heterocycles. The van der Waals surface area contributed by atoms with Crippen LogP contribution in [0, 0.1) is 5.41 Å². The largest absolute Gasteiger partial charge is 0.449 e. The Morgan fingerprint density at radius 2 is 1.40 bits per heavy atom. The van der Waals surface area contributed by atoms with E-state index in [0.717, 1.165) is 48.2 Å². The summed E-state index contributed by atoms with van der Waals surface area (Å²) >= 11 is 0.